The number of carbonyl (C=O) groups excluding carboxylic acids is 3. The summed E-state index contributed by atoms with van der Waals surface area (Å²) in [6, 6.07) is 14.0. The minimum absolute atomic E-state index is 0.106. The van der Waals surface area contributed by atoms with Crippen LogP contribution < -0.4 is 0 Å². The van der Waals surface area contributed by atoms with Crippen molar-refractivity contribution in [1.82, 2.24) is 4.90 Å². The number of rotatable bonds is 4. The molecule has 0 saturated carbocycles. The number of ether oxygens (including phenoxy) is 1. The van der Waals surface area contributed by atoms with Crippen LogP contribution in [0, 0.1) is 0 Å². The second-order valence-electron chi connectivity index (χ2n) is 5.63. The normalized spacial score (nSPS) is 16.6. The molecule has 5 nitrogen and oxygen atoms in total. The average Bonchev–Trinajstić information content (AvgIpc) is 2.61. The van der Waals surface area contributed by atoms with Crippen LogP contribution in [0.25, 0.3) is 0 Å². The van der Waals surface area contributed by atoms with Gasteiger partial charge in [0.2, 0.25) is 5.91 Å². The van der Waals surface area contributed by atoms with Gasteiger partial charge in [-0.1, -0.05) is 46.3 Å². The molecule has 0 radical (unpaired) electrons. The second kappa shape index (κ2) is 7.19. The maximum atomic E-state index is 12.9. The van der Waals surface area contributed by atoms with Crippen LogP contribution in [0.4, 0.5) is 0 Å². The molecule has 0 N–H and O–H groups in total. The number of hydrogen-bond acceptors (Lipinski definition) is 4. The Morgan fingerprint density at radius 2 is 1.80 bits per heavy atom. The molecule has 25 heavy (non-hydrogen) atoms. The topological polar surface area (TPSA) is 63.7 Å². The molecule has 3 rings (SSSR count). The zero-order chi connectivity index (χ0) is 18.0. The molecule has 1 atom stereocenters. The summed E-state index contributed by atoms with van der Waals surface area (Å²) in [4.78, 5) is 39.1. The first-order valence-corrected chi connectivity index (χ1v) is 8.68. The molecular formula is C19H16BrNO4. The van der Waals surface area contributed by atoms with E-state index in [1.54, 1.807) is 31.2 Å². The first kappa shape index (κ1) is 17.4. The van der Waals surface area contributed by atoms with E-state index in [1.165, 1.54) is 0 Å². The van der Waals surface area contributed by atoms with Crippen molar-refractivity contribution in [3.05, 3.63) is 69.7 Å². The highest BCUT2D eigenvalue weighted by molar-refractivity contribution is 9.10. The lowest BCUT2D eigenvalue weighted by Gasteiger charge is -2.31. The first-order chi connectivity index (χ1) is 12.0. The van der Waals surface area contributed by atoms with Crippen molar-refractivity contribution < 1.29 is 19.1 Å². The van der Waals surface area contributed by atoms with Gasteiger partial charge in [0.25, 0.3) is 5.91 Å². The van der Waals surface area contributed by atoms with Crippen LogP contribution in [0.15, 0.2) is 53.0 Å². The van der Waals surface area contributed by atoms with Gasteiger partial charge in [-0.05, 0) is 36.2 Å². The quantitative estimate of drug-likeness (QED) is 0.448. The highest BCUT2D eigenvalue weighted by Gasteiger charge is 2.43. The Kier molecular flexibility index (Phi) is 4.99. The highest BCUT2D eigenvalue weighted by Crippen LogP contribution is 2.31. The van der Waals surface area contributed by atoms with Crippen LogP contribution in [-0.4, -0.2) is 29.3 Å². The number of halogens is 1. The molecule has 0 aliphatic carbocycles. The van der Waals surface area contributed by atoms with E-state index in [4.69, 9.17) is 4.74 Å². The molecule has 1 aliphatic rings. The molecule has 128 valence electrons. The Morgan fingerprint density at radius 3 is 2.48 bits per heavy atom. The zero-order valence-electron chi connectivity index (χ0n) is 13.6. The fourth-order valence-corrected chi connectivity index (χ4v) is 3.12. The van der Waals surface area contributed by atoms with E-state index in [0.29, 0.717) is 11.1 Å². The second-order valence-corrected chi connectivity index (χ2v) is 6.54. The number of imide groups is 1. The van der Waals surface area contributed by atoms with Crippen LogP contribution in [0.5, 0.6) is 0 Å². The third-order valence-electron chi connectivity index (χ3n) is 4.04. The van der Waals surface area contributed by atoms with E-state index in [2.05, 4.69) is 15.9 Å². The van der Waals surface area contributed by atoms with Crippen molar-refractivity contribution in [2.45, 2.75) is 19.4 Å². The Hall–Kier alpha value is -2.47. The number of benzene rings is 2. The number of esters is 1. The van der Waals surface area contributed by atoms with Crippen molar-refractivity contribution >= 4 is 33.7 Å². The third-order valence-corrected chi connectivity index (χ3v) is 4.57. The molecule has 0 fully saturated rings. The minimum atomic E-state index is -1.11. The number of carbonyl (C=O) groups is 3. The summed E-state index contributed by atoms with van der Waals surface area (Å²) >= 11 is 3.35. The Morgan fingerprint density at radius 1 is 1.12 bits per heavy atom. The first-order valence-electron chi connectivity index (χ1n) is 7.88. The molecule has 1 unspecified atom stereocenters. The van der Waals surface area contributed by atoms with Crippen LogP contribution in [-0.2, 0) is 20.9 Å². The smallest absolute Gasteiger partial charge is 0.323 e. The van der Waals surface area contributed by atoms with Gasteiger partial charge in [0, 0.05) is 10.0 Å². The lowest BCUT2D eigenvalue weighted by molar-refractivity contribution is -0.150. The molecule has 1 aliphatic heterocycles. The molecule has 6 heteroatoms. The minimum Gasteiger partial charge on any atom is -0.465 e. The summed E-state index contributed by atoms with van der Waals surface area (Å²) < 4.78 is 5.96. The maximum Gasteiger partial charge on any atom is 0.323 e. The van der Waals surface area contributed by atoms with E-state index in [-0.39, 0.29) is 13.2 Å². The lowest BCUT2D eigenvalue weighted by Crippen LogP contribution is -2.46. The summed E-state index contributed by atoms with van der Waals surface area (Å²) in [7, 11) is 0. The summed E-state index contributed by atoms with van der Waals surface area (Å²) in [5.74, 6) is -2.69. The Labute approximate surface area is 153 Å². The summed E-state index contributed by atoms with van der Waals surface area (Å²) in [5.41, 5.74) is 1.56. The van der Waals surface area contributed by atoms with Crippen molar-refractivity contribution in [1.29, 1.82) is 0 Å². The molecular weight excluding hydrogens is 386 g/mol. The molecule has 0 saturated heterocycles. The predicted molar refractivity (Wildman–Crippen MR) is 94.8 cm³/mol. The molecule has 0 spiro atoms. The molecule has 1 heterocycles. The van der Waals surface area contributed by atoms with Crippen molar-refractivity contribution in [2.24, 2.45) is 0 Å². The standard InChI is InChI=1S/C19H16BrNO4/c1-2-25-19(24)16-14-5-3-4-6-15(14)17(22)21(18(16)23)11-12-7-9-13(20)10-8-12/h3-10,16H,2,11H2,1H3. The van der Waals surface area contributed by atoms with Gasteiger partial charge in [-0.25, -0.2) is 0 Å². The van der Waals surface area contributed by atoms with E-state index >= 15 is 0 Å². The highest BCUT2D eigenvalue weighted by atomic mass is 79.9. The number of amides is 2. The van der Waals surface area contributed by atoms with Gasteiger partial charge in [0.15, 0.2) is 5.92 Å². The number of nitrogens with zero attached hydrogens (tertiary/aromatic N) is 1. The summed E-state index contributed by atoms with van der Waals surface area (Å²) in [6.45, 7) is 1.96. The van der Waals surface area contributed by atoms with Gasteiger partial charge in [-0.3, -0.25) is 19.3 Å². The van der Waals surface area contributed by atoms with Gasteiger partial charge in [-0.2, -0.15) is 0 Å². The van der Waals surface area contributed by atoms with Crippen LogP contribution in [0.1, 0.15) is 34.3 Å². The van der Waals surface area contributed by atoms with Gasteiger partial charge in [0.1, 0.15) is 0 Å². The largest absolute Gasteiger partial charge is 0.465 e. The predicted octanol–water partition coefficient (Wildman–Crippen LogP) is 3.28. The monoisotopic (exact) mass is 401 g/mol. The van der Waals surface area contributed by atoms with Crippen LogP contribution in [0.3, 0.4) is 0 Å². The van der Waals surface area contributed by atoms with Gasteiger partial charge in [0.05, 0.1) is 13.2 Å². The fraction of sp³-hybridized carbons (Fsp3) is 0.211. The fourth-order valence-electron chi connectivity index (χ4n) is 2.85. The zero-order valence-corrected chi connectivity index (χ0v) is 15.2. The molecule has 2 aromatic rings. The van der Waals surface area contributed by atoms with Crippen molar-refractivity contribution in [2.75, 3.05) is 6.61 Å². The molecule has 0 aromatic heterocycles. The van der Waals surface area contributed by atoms with E-state index < -0.39 is 23.7 Å². The van der Waals surface area contributed by atoms with Crippen LogP contribution >= 0.6 is 15.9 Å². The third kappa shape index (κ3) is 3.35. The maximum absolute atomic E-state index is 12.9. The number of hydrogen-bond donors (Lipinski definition) is 0. The summed E-state index contributed by atoms with van der Waals surface area (Å²) in [6.07, 6.45) is 0. The molecule has 2 aromatic carbocycles. The van der Waals surface area contributed by atoms with Gasteiger partial charge in [-0.15, -0.1) is 0 Å². The van der Waals surface area contributed by atoms with Gasteiger partial charge >= 0.3 is 5.97 Å². The summed E-state index contributed by atoms with van der Waals surface area (Å²) in [5, 5.41) is 0. The molecule has 2 amide bonds. The van der Waals surface area contributed by atoms with Crippen molar-refractivity contribution in [3.63, 3.8) is 0 Å². The van der Waals surface area contributed by atoms with Crippen molar-refractivity contribution in [3.8, 4) is 0 Å². The Balaban J connectivity index is 1.99. The molecule has 0 bridgehead atoms. The van der Waals surface area contributed by atoms with Gasteiger partial charge < -0.3 is 4.74 Å². The SMILES string of the molecule is CCOC(=O)C1C(=O)N(Cc2ccc(Br)cc2)C(=O)c2ccccc21. The van der Waals surface area contributed by atoms with Crippen LogP contribution in [0.2, 0.25) is 0 Å². The lowest BCUT2D eigenvalue weighted by atomic mass is 9.88. The van der Waals surface area contributed by atoms with E-state index in [0.717, 1.165) is 14.9 Å². The van der Waals surface area contributed by atoms with E-state index in [9.17, 15) is 14.4 Å². The average molecular weight is 402 g/mol. The van der Waals surface area contributed by atoms with E-state index in [1.807, 2.05) is 24.3 Å². The number of fused-ring (bicyclic) bond motifs is 1. The Bertz CT molecular complexity index is 832.